The van der Waals surface area contributed by atoms with Crippen molar-refractivity contribution in [2.75, 3.05) is 0 Å². The van der Waals surface area contributed by atoms with E-state index in [0.717, 1.165) is 0 Å². The fourth-order valence-corrected chi connectivity index (χ4v) is 40.9. The molecule has 4 aromatic carbocycles. The van der Waals surface area contributed by atoms with Gasteiger partial charge < -0.3 is 0 Å². The Morgan fingerprint density at radius 1 is 0.524 bits per heavy atom. The number of benzene rings is 4. The molecule has 6 rings (SSSR count). The minimum atomic E-state index is -4.70. The second-order valence-electron chi connectivity index (χ2n) is 13.1. The summed E-state index contributed by atoms with van der Waals surface area (Å²) >= 11 is -4.70. The molecular formula is C38H41Cl2SiZr. The van der Waals surface area contributed by atoms with E-state index in [9.17, 15) is 0 Å². The van der Waals surface area contributed by atoms with Crippen LogP contribution in [0.4, 0.5) is 0 Å². The molecule has 0 N–H and O–H groups in total. The third-order valence-corrected chi connectivity index (χ3v) is 62.8. The van der Waals surface area contributed by atoms with Gasteiger partial charge in [-0.3, -0.25) is 0 Å². The average molecular weight is 688 g/mol. The summed E-state index contributed by atoms with van der Waals surface area (Å²) in [5.41, 5.74) is 18.5. The second kappa shape index (κ2) is 10.6. The van der Waals surface area contributed by atoms with Crippen molar-refractivity contribution < 1.29 is 15.6 Å². The number of hydrogen-bond acceptors (Lipinski definition) is 0. The summed E-state index contributed by atoms with van der Waals surface area (Å²) in [5.74, 6) is -1.57. The van der Waals surface area contributed by atoms with Gasteiger partial charge in [0.1, 0.15) is 0 Å². The zero-order valence-corrected chi connectivity index (χ0v) is 31.2. The normalized spacial score (nSPS) is 18.8. The Morgan fingerprint density at radius 3 is 1.26 bits per heavy atom. The second-order valence-corrected chi connectivity index (χ2v) is 55.6. The van der Waals surface area contributed by atoms with Crippen LogP contribution in [0.1, 0.15) is 65.6 Å². The molecule has 2 atom stereocenters. The molecule has 4 aromatic rings. The zero-order valence-electron chi connectivity index (χ0n) is 26.1. The molecule has 0 fully saturated rings. The number of halogens is 2. The van der Waals surface area contributed by atoms with E-state index in [1.54, 1.807) is 0 Å². The third-order valence-electron chi connectivity index (χ3n) is 10.6. The van der Waals surface area contributed by atoms with Crippen molar-refractivity contribution in [2.45, 2.75) is 61.9 Å². The van der Waals surface area contributed by atoms with Crippen molar-refractivity contribution in [3.05, 3.63) is 128 Å². The molecule has 215 valence electrons. The molecule has 42 heavy (non-hydrogen) atoms. The Labute approximate surface area is 261 Å². The van der Waals surface area contributed by atoms with Crippen LogP contribution in [0.2, 0.25) is 13.1 Å². The van der Waals surface area contributed by atoms with Gasteiger partial charge in [0.25, 0.3) is 0 Å². The van der Waals surface area contributed by atoms with Gasteiger partial charge >= 0.3 is 263 Å². The summed E-state index contributed by atoms with van der Waals surface area (Å²) in [7, 11) is 16.9. The third kappa shape index (κ3) is 4.31. The molecule has 0 radical (unpaired) electrons. The molecule has 0 aliphatic heterocycles. The molecule has 0 bridgehead atoms. The van der Waals surface area contributed by atoms with Crippen LogP contribution >= 0.6 is 17.0 Å². The van der Waals surface area contributed by atoms with E-state index in [-0.39, 0.29) is 7.25 Å². The average Bonchev–Trinajstić information content (AvgIpc) is 3.48. The van der Waals surface area contributed by atoms with Gasteiger partial charge in [0.15, 0.2) is 0 Å². The first-order chi connectivity index (χ1) is 19.9. The van der Waals surface area contributed by atoms with E-state index >= 15 is 0 Å². The van der Waals surface area contributed by atoms with Crippen LogP contribution in [0.3, 0.4) is 0 Å². The summed E-state index contributed by atoms with van der Waals surface area (Å²) in [6.45, 7) is 18.3. The van der Waals surface area contributed by atoms with Crippen LogP contribution in [0.25, 0.3) is 34.4 Å². The number of allylic oxidation sites excluding steroid dienone is 2. The minimum absolute atomic E-state index is 0.102. The molecule has 0 nitrogen and oxygen atoms in total. The van der Waals surface area contributed by atoms with Crippen molar-refractivity contribution in [3.63, 3.8) is 0 Å². The fraction of sp³-hybridized carbons (Fsp3) is 0.263. The molecule has 2 aliphatic carbocycles. The number of aryl methyl sites for hydroxylation is 2. The van der Waals surface area contributed by atoms with E-state index in [4.69, 9.17) is 17.0 Å². The van der Waals surface area contributed by atoms with Gasteiger partial charge in [-0.1, -0.05) is 0 Å². The Kier molecular flexibility index (Phi) is 7.58. The fourth-order valence-electron chi connectivity index (χ4n) is 7.96. The molecule has 0 amide bonds. The van der Waals surface area contributed by atoms with E-state index < -0.39 is 21.5 Å². The quantitative estimate of drug-likeness (QED) is 0.183. The number of rotatable bonds is 5. The van der Waals surface area contributed by atoms with E-state index in [1.807, 2.05) is 0 Å². The van der Waals surface area contributed by atoms with Gasteiger partial charge in [-0.05, 0) is 0 Å². The monoisotopic (exact) mass is 685 g/mol. The van der Waals surface area contributed by atoms with Crippen LogP contribution in [-0.2, 0) is 15.6 Å². The van der Waals surface area contributed by atoms with Crippen molar-refractivity contribution >= 4 is 35.1 Å². The SMILES string of the molecule is CC1=Cc2c(-c3cccc(C)c3C)cccc2[CH]1[Zr]([Cl])([Cl])([CH]1C(C)=Cc2c(-c3cccc(C)c3C)cccc21)[SiH](C)C. The Hall–Kier alpha value is -1.96. The van der Waals surface area contributed by atoms with Crippen molar-refractivity contribution in [3.8, 4) is 22.3 Å². The summed E-state index contributed by atoms with van der Waals surface area (Å²) in [4.78, 5) is 0. The van der Waals surface area contributed by atoms with Crippen LogP contribution < -0.4 is 0 Å². The van der Waals surface area contributed by atoms with Crippen molar-refractivity contribution in [2.24, 2.45) is 0 Å². The summed E-state index contributed by atoms with van der Waals surface area (Å²) in [6.07, 6.45) is 4.82. The predicted octanol–water partition coefficient (Wildman–Crippen LogP) is 11.9. The molecule has 4 heteroatoms. The van der Waals surface area contributed by atoms with Gasteiger partial charge in [0, 0.05) is 0 Å². The number of fused-ring (bicyclic) bond motifs is 2. The van der Waals surface area contributed by atoms with Gasteiger partial charge in [0.2, 0.25) is 0 Å². The van der Waals surface area contributed by atoms with E-state index in [2.05, 4.69) is 140 Å². The molecule has 0 spiro atoms. The first-order valence-electron chi connectivity index (χ1n) is 15.2. The van der Waals surface area contributed by atoms with E-state index in [0.29, 0.717) is 0 Å². The predicted molar refractivity (Wildman–Crippen MR) is 186 cm³/mol. The molecule has 0 aromatic heterocycles. The first-order valence-corrected chi connectivity index (χ1v) is 31.5. The Morgan fingerprint density at radius 2 is 0.881 bits per heavy atom. The Bertz CT molecular complexity index is 1700. The summed E-state index contributed by atoms with van der Waals surface area (Å²) < 4.78 is 0.204. The van der Waals surface area contributed by atoms with Crippen LogP contribution in [0, 0.1) is 27.7 Å². The molecule has 0 saturated heterocycles. The van der Waals surface area contributed by atoms with Gasteiger partial charge in [-0.25, -0.2) is 0 Å². The Balaban J connectivity index is 1.56. The van der Waals surface area contributed by atoms with Crippen LogP contribution in [0.15, 0.2) is 83.9 Å². The van der Waals surface area contributed by atoms with Crippen LogP contribution in [0.5, 0.6) is 0 Å². The maximum atomic E-state index is 8.45. The maximum absolute atomic E-state index is 8.45. The topological polar surface area (TPSA) is 0 Å². The molecule has 2 unspecified atom stereocenters. The summed E-state index contributed by atoms with van der Waals surface area (Å²) in [6, 6.07) is 26.9. The van der Waals surface area contributed by atoms with Gasteiger partial charge in [-0.15, -0.1) is 0 Å². The van der Waals surface area contributed by atoms with Crippen LogP contribution in [-0.4, -0.2) is 5.92 Å². The van der Waals surface area contributed by atoms with Gasteiger partial charge in [0.05, 0.1) is 0 Å². The molecule has 2 aliphatic rings. The first kappa shape index (κ1) is 30.1. The molecular weight excluding hydrogens is 647 g/mol. The number of hydrogen-bond donors (Lipinski definition) is 0. The summed E-state index contributed by atoms with van der Waals surface area (Å²) in [5, 5.41) is 0. The van der Waals surface area contributed by atoms with Gasteiger partial charge in [-0.2, -0.15) is 0 Å². The van der Waals surface area contributed by atoms with Crippen molar-refractivity contribution in [1.29, 1.82) is 0 Å². The van der Waals surface area contributed by atoms with Crippen molar-refractivity contribution in [1.82, 2.24) is 0 Å². The molecule has 0 saturated carbocycles. The standard InChI is InChI=1S/2C18H17.C2H7Si.2ClH.Zr/c2*1-12-10-15-7-5-9-17(18(15)11-12)16-8-4-6-13(2)14(16)3;1-3-2;;;/h2*4-11H,1-3H3;3H,1-2H3;2*1H;/q;;;;;+2/p-2. The zero-order chi connectivity index (χ0) is 30.2. The molecule has 0 heterocycles. The van der Waals surface area contributed by atoms with E-state index in [1.165, 1.54) is 77.9 Å².